The largest absolute Gasteiger partial charge is 0.494 e. The lowest BCUT2D eigenvalue weighted by Gasteiger charge is -2.17. The third-order valence-corrected chi connectivity index (χ3v) is 2.98. The predicted octanol–water partition coefficient (Wildman–Crippen LogP) is 2.14. The third-order valence-electron chi connectivity index (χ3n) is 2.98. The van der Waals surface area contributed by atoms with Crippen molar-refractivity contribution in [2.75, 3.05) is 47.0 Å². The van der Waals surface area contributed by atoms with Crippen LogP contribution in [0.3, 0.4) is 0 Å². The van der Waals surface area contributed by atoms with Crippen molar-refractivity contribution in [3.8, 4) is 5.75 Å². The molecule has 1 rings (SSSR count). The van der Waals surface area contributed by atoms with Gasteiger partial charge in [-0.15, -0.1) is 0 Å². The molecule has 0 aliphatic heterocycles. The summed E-state index contributed by atoms with van der Waals surface area (Å²) in [5.41, 5.74) is 1.29. The molecule has 0 unspecified atom stereocenters. The van der Waals surface area contributed by atoms with Crippen LogP contribution in [0.1, 0.15) is 18.9 Å². The van der Waals surface area contributed by atoms with E-state index >= 15 is 0 Å². The first-order chi connectivity index (χ1) is 9.76. The number of hydrogen-bond donors (Lipinski definition) is 1. The highest BCUT2D eigenvalue weighted by Crippen LogP contribution is 2.14. The predicted molar refractivity (Wildman–Crippen MR) is 83.3 cm³/mol. The van der Waals surface area contributed by atoms with E-state index in [1.807, 2.05) is 6.07 Å². The summed E-state index contributed by atoms with van der Waals surface area (Å²) in [6, 6.07) is 8.36. The molecular weight excluding hydrogens is 252 g/mol. The minimum atomic E-state index is 0.764. The average molecular weight is 280 g/mol. The van der Waals surface area contributed by atoms with E-state index in [-0.39, 0.29) is 0 Å². The molecule has 1 N–H and O–H groups in total. The fourth-order valence-corrected chi connectivity index (χ4v) is 1.91. The molecule has 0 saturated carbocycles. The van der Waals surface area contributed by atoms with Gasteiger partial charge in [0.25, 0.3) is 0 Å². The Labute approximate surface area is 123 Å². The first kappa shape index (κ1) is 17.0. The number of ether oxygens (including phenoxy) is 2. The van der Waals surface area contributed by atoms with E-state index in [1.165, 1.54) is 5.56 Å². The fraction of sp³-hybridized carbons (Fsp3) is 0.625. The van der Waals surface area contributed by atoms with Crippen molar-refractivity contribution in [2.24, 2.45) is 0 Å². The number of nitrogens with one attached hydrogen (secondary N) is 1. The second-order valence-electron chi connectivity index (χ2n) is 4.98. The number of rotatable bonds is 11. The normalized spacial score (nSPS) is 11.0. The Bertz CT molecular complexity index is 358. The lowest BCUT2D eigenvalue weighted by molar-refractivity contribution is 0.197. The van der Waals surface area contributed by atoms with Crippen molar-refractivity contribution in [3.05, 3.63) is 29.8 Å². The molecule has 0 radical (unpaired) electrons. The summed E-state index contributed by atoms with van der Waals surface area (Å²) < 4.78 is 10.7. The topological polar surface area (TPSA) is 33.7 Å². The summed E-state index contributed by atoms with van der Waals surface area (Å²) in [6.45, 7) is 7.51. The van der Waals surface area contributed by atoms with Gasteiger partial charge in [0.15, 0.2) is 0 Å². The summed E-state index contributed by atoms with van der Waals surface area (Å²) in [6.07, 6.45) is 1.04. The minimum absolute atomic E-state index is 0.764. The Morgan fingerprint density at radius 1 is 1.20 bits per heavy atom. The maximum Gasteiger partial charge on any atom is 0.119 e. The number of hydrogen-bond acceptors (Lipinski definition) is 4. The van der Waals surface area contributed by atoms with Gasteiger partial charge in [-0.3, -0.25) is 0 Å². The first-order valence-corrected chi connectivity index (χ1v) is 7.36. The SMILES string of the molecule is CCCOc1cccc(CN(C)CCNCCOC)c1. The molecule has 0 bridgehead atoms. The van der Waals surface area contributed by atoms with Gasteiger partial charge >= 0.3 is 0 Å². The molecular formula is C16H28N2O2. The minimum Gasteiger partial charge on any atom is -0.494 e. The molecule has 0 fully saturated rings. The Balaban J connectivity index is 2.28. The number of methoxy groups -OCH3 is 1. The van der Waals surface area contributed by atoms with Gasteiger partial charge in [0.05, 0.1) is 13.2 Å². The van der Waals surface area contributed by atoms with E-state index in [2.05, 4.69) is 42.4 Å². The maximum atomic E-state index is 5.66. The highest BCUT2D eigenvalue weighted by Gasteiger charge is 2.02. The Hall–Kier alpha value is -1.10. The third kappa shape index (κ3) is 7.48. The second-order valence-corrected chi connectivity index (χ2v) is 4.98. The van der Waals surface area contributed by atoms with E-state index < -0.39 is 0 Å². The van der Waals surface area contributed by atoms with Gasteiger partial charge in [0, 0.05) is 33.3 Å². The molecule has 0 aliphatic carbocycles. The molecule has 4 nitrogen and oxygen atoms in total. The number of benzene rings is 1. The molecule has 0 aliphatic rings. The lowest BCUT2D eigenvalue weighted by atomic mass is 10.2. The first-order valence-electron chi connectivity index (χ1n) is 7.36. The molecule has 4 heteroatoms. The van der Waals surface area contributed by atoms with Crippen molar-refractivity contribution in [1.29, 1.82) is 0 Å². The van der Waals surface area contributed by atoms with Gasteiger partial charge in [0.2, 0.25) is 0 Å². The number of nitrogens with zero attached hydrogens (tertiary/aromatic N) is 1. The van der Waals surface area contributed by atoms with E-state index in [9.17, 15) is 0 Å². The van der Waals surface area contributed by atoms with Gasteiger partial charge in [-0.25, -0.2) is 0 Å². The Kier molecular flexibility index (Phi) is 9.04. The van der Waals surface area contributed by atoms with Crippen LogP contribution in [0.5, 0.6) is 5.75 Å². The zero-order valence-electron chi connectivity index (χ0n) is 13.0. The summed E-state index contributed by atoms with van der Waals surface area (Å²) in [4.78, 5) is 2.30. The lowest BCUT2D eigenvalue weighted by Crippen LogP contribution is -2.30. The van der Waals surface area contributed by atoms with E-state index in [0.29, 0.717) is 0 Å². The zero-order valence-corrected chi connectivity index (χ0v) is 13.0. The van der Waals surface area contributed by atoms with Crippen molar-refractivity contribution in [3.63, 3.8) is 0 Å². The molecule has 20 heavy (non-hydrogen) atoms. The van der Waals surface area contributed by atoms with Gasteiger partial charge in [0.1, 0.15) is 5.75 Å². The monoisotopic (exact) mass is 280 g/mol. The van der Waals surface area contributed by atoms with E-state index in [1.54, 1.807) is 7.11 Å². The van der Waals surface area contributed by atoms with Crippen molar-refractivity contribution < 1.29 is 9.47 Å². The molecule has 0 heterocycles. The quantitative estimate of drug-likeness (QED) is 0.630. The molecule has 0 spiro atoms. The van der Waals surface area contributed by atoms with Crippen LogP contribution < -0.4 is 10.1 Å². The molecule has 1 aromatic carbocycles. The molecule has 114 valence electrons. The van der Waals surface area contributed by atoms with Crippen LogP contribution >= 0.6 is 0 Å². The van der Waals surface area contributed by atoms with E-state index in [0.717, 1.165) is 51.6 Å². The standard InChI is InChI=1S/C16H28N2O2/c1-4-11-20-16-7-5-6-15(13-16)14-18(2)10-8-17-9-12-19-3/h5-7,13,17H,4,8-12,14H2,1-3H3. The summed E-state index contributed by atoms with van der Waals surface area (Å²) in [5, 5.41) is 3.35. The van der Waals surface area contributed by atoms with Crippen LogP contribution in [0, 0.1) is 0 Å². The molecule has 0 amide bonds. The zero-order chi connectivity index (χ0) is 14.6. The van der Waals surface area contributed by atoms with Crippen LogP contribution in [0.4, 0.5) is 0 Å². The van der Waals surface area contributed by atoms with Crippen molar-refractivity contribution in [2.45, 2.75) is 19.9 Å². The highest BCUT2D eigenvalue weighted by atomic mass is 16.5. The van der Waals surface area contributed by atoms with Crippen LogP contribution in [0.25, 0.3) is 0 Å². The molecule has 0 aromatic heterocycles. The maximum absolute atomic E-state index is 5.66. The van der Waals surface area contributed by atoms with Crippen LogP contribution in [-0.4, -0.2) is 51.9 Å². The van der Waals surface area contributed by atoms with Crippen LogP contribution in [0.15, 0.2) is 24.3 Å². The highest BCUT2D eigenvalue weighted by molar-refractivity contribution is 5.28. The van der Waals surface area contributed by atoms with Crippen LogP contribution in [0.2, 0.25) is 0 Å². The summed E-state index contributed by atoms with van der Waals surface area (Å²) >= 11 is 0. The Morgan fingerprint density at radius 2 is 2.05 bits per heavy atom. The van der Waals surface area contributed by atoms with Crippen molar-refractivity contribution >= 4 is 0 Å². The van der Waals surface area contributed by atoms with E-state index in [4.69, 9.17) is 9.47 Å². The van der Waals surface area contributed by atoms with Gasteiger partial charge in [-0.2, -0.15) is 0 Å². The smallest absolute Gasteiger partial charge is 0.119 e. The number of likely N-dealkylation sites (N-methyl/N-ethyl adjacent to an activating group) is 1. The average Bonchev–Trinajstić information content (AvgIpc) is 2.45. The van der Waals surface area contributed by atoms with Gasteiger partial charge < -0.3 is 19.7 Å². The van der Waals surface area contributed by atoms with Crippen LogP contribution in [-0.2, 0) is 11.3 Å². The Morgan fingerprint density at radius 3 is 2.80 bits per heavy atom. The molecule has 0 saturated heterocycles. The summed E-state index contributed by atoms with van der Waals surface area (Å²) in [5.74, 6) is 0.968. The molecule has 1 aromatic rings. The van der Waals surface area contributed by atoms with Gasteiger partial charge in [-0.05, 0) is 31.2 Å². The van der Waals surface area contributed by atoms with Crippen molar-refractivity contribution in [1.82, 2.24) is 10.2 Å². The fourth-order valence-electron chi connectivity index (χ4n) is 1.91. The summed E-state index contributed by atoms with van der Waals surface area (Å²) in [7, 11) is 3.86. The van der Waals surface area contributed by atoms with Gasteiger partial charge in [-0.1, -0.05) is 19.1 Å². The second kappa shape index (κ2) is 10.7. The molecule has 0 atom stereocenters.